The van der Waals surface area contributed by atoms with Crippen LogP contribution in [0.5, 0.6) is 0 Å². The van der Waals surface area contributed by atoms with Crippen LogP contribution in [-0.2, 0) is 6.54 Å². The Balaban J connectivity index is 2.13. The third-order valence-electron chi connectivity index (χ3n) is 2.19. The van der Waals surface area contributed by atoms with Crippen molar-refractivity contribution in [1.29, 1.82) is 0 Å². The Bertz CT molecular complexity index is 586. The van der Waals surface area contributed by atoms with E-state index < -0.39 is 5.97 Å². The number of carboxylic acid groups (broad SMARTS) is 1. The van der Waals surface area contributed by atoms with Crippen molar-refractivity contribution < 1.29 is 9.90 Å². The molecule has 18 heavy (non-hydrogen) atoms. The number of benzene rings is 1. The number of hydrogen-bond acceptors (Lipinski definition) is 4. The van der Waals surface area contributed by atoms with E-state index in [1.807, 2.05) is 0 Å². The average Bonchev–Trinajstić information content (AvgIpc) is 2.74. The number of rotatable bonds is 4. The second-order valence-electron chi connectivity index (χ2n) is 3.43. The van der Waals surface area contributed by atoms with Crippen molar-refractivity contribution in [2.45, 2.75) is 6.54 Å². The lowest BCUT2D eigenvalue weighted by molar-refractivity contribution is 0.0697. The van der Waals surface area contributed by atoms with Crippen LogP contribution in [0.4, 0.5) is 5.69 Å². The minimum absolute atomic E-state index is 0.184. The normalized spacial score (nSPS) is 10.3. The summed E-state index contributed by atoms with van der Waals surface area (Å²) in [7, 11) is 0. The molecule has 2 rings (SSSR count). The highest BCUT2D eigenvalue weighted by Crippen LogP contribution is 2.25. The van der Waals surface area contributed by atoms with Crippen LogP contribution in [0.25, 0.3) is 0 Å². The maximum atomic E-state index is 10.8. The van der Waals surface area contributed by atoms with E-state index in [-0.39, 0.29) is 5.56 Å². The summed E-state index contributed by atoms with van der Waals surface area (Å²) in [4.78, 5) is 15.7. The zero-order chi connectivity index (χ0) is 13.1. The van der Waals surface area contributed by atoms with Crippen LogP contribution in [-0.4, -0.2) is 16.1 Å². The van der Waals surface area contributed by atoms with Gasteiger partial charge in [0.25, 0.3) is 0 Å². The molecule has 0 saturated heterocycles. The lowest BCUT2D eigenvalue weighted by Gasteiger charge is -2.07. The molecule has 0 fully saturated rings. The van der Waals surface area contributed by atoms with Crippen LogP contribution < -0.4 is 5.32 Å². The molecule has 1 aromatic heterocycles. The van der Waals surface area contributed by atoms with Crippen LogP contribution in [0.2, 0.25) is 9.49 Å². The standard InChI is InChI=1S/C11H8Cl2N2O2S/c12-8-2-1-6(10(16)17)3-9(8)14-4-7-5-15-11(13)18-7/h1-3,5,14H,4H2,(H,16,17). The van der Waals surface area contributed by atoms with Gasteiger partial charge in [0, 0.05) is 11.1 Å². The minimum atomic E-state index is -0.990. The highest BCUT2D eigenvalue weighted by Gasteiger charge is 2.07. The molecule has 1 heterocycles. The maximum Gasteiger partial charge on any atom is 0.335 e. The van der Waals surface area contributed by atoms with Crippen molar-refractivity contribution in [1.82, 2.24) is 4.98 Å². The third kappa shape index (κ3) is 3.13. The van der Waals surface area contributed by atoms with E-state index in [2.05, 4.69) is 10.3 Å². The molecule has 0 bridgehead atoms. The van der Waals surface area contributed by atoms with E-state index in [1.165, 1.54) is 23.5 Å². The van der Waals surface area contributed by atoms with Gasteiger partial charge in [-0.25, -0.2) is 9.78 Å². The first-order valence-electron chi connectivity index (χ1n) is 4.93. The molecule has 0 unspecified atom stereocenters. The van der Waals surface area contributed by atoms with Crippen molar-refractivity contribution in [3.8, 4) is 0 Å². The summed E-state index contributed by atoms with van der Waals surface area (Å²) in [5, 5.41) is 12.4. The Morgan fingerprint density at radius 1 is 1.44 bits per heavy atom. The smallest absolute Gasteiger partial charge is 0.335 e. The predicted octanol–water partition coefficient (Wildman–Crippen LogP) is 3.76. The van der Waals surface area contributed by atoms with Gasteiger partial charge in [0.1, 0.15) is 0 Å². The summed E-state index contributed by atoms with van der Waals surface area (Å²) in [6, 6.07) is 4.50. The monoisotopic (exact) mass is 302 g/mol. The van der Waals surface area contributed by atoms with Gasteiger partial charge in [-0.05, 0) is 18.2 Å². The van der Waals surface area contributed by atoms with E-state index in [0.29, 0.717) is 21.7 Å². The minimum Gasteiger partial charge on any atom is -0.478 e. The van der Waals surface area contributed by atoms with Crippen molar-refractivity contribution in [2.75, 3.05) is 5.32 Å². The van der Waals surface area contributed by atoms with Gasteiger partial charge in [-0.3, -0.25) is 0 Å². The number of carboxylic acids is 1. The largest absolute Gasteiger partial charge is 0.478 e. The molecule has 94 valence electrons. The fourth-order valence-electron chi connectivity index (χ4n) is 1.34. The number of anilines is 1. The first-order chi connectivity index (χ1) is 8.56. The number of aromatic nitrogens is 1. The number of nitrogens with zero attached hydrogens (tertiary/aromatic N) is 1. The molecule has 7 heteroatoms. The maximum absolute atomic E-state index is 10.8. The molecule has 4 nitrogen and oxygen atoms in total. The van der Waals surface area contributed by atoms with Gasteiger partial charge < -0.3 is 10.4 Å². The van der Waals surface area contributed by atoms with Gasteiger partial charge in [0.05, 0.1) is 22.8 Å². The summed E-state index contributed by atoms with van der Waals surface area (Å²) in [6.07, 6.45) is 1.66. The topological polar surface area (TPSA) is 62.2 Å². The van der Waals surface area contributed by atoms with Crippen LogP contribution in [0.1, 0.15) is 15.2 Å². The van der Waals surface area contributed by atoms with Gasteiger partial charge in [0.15, 0.2) is 4.47 Å². The van der Waals surface area contributed by atoms with E-state index in [4.69, 9.17) is 28.3 Å². The molecule has 0 atom stereocenters. The molecular weight excluding hydrogens is 295 g/mol. The highest BCUT2D eigenvalue weighted by atomic mass is 35.5. The van der Waals surface area contributed by atoms with E-state index in [1.54, 1.807) is 12.3 Å². The van der Waals surface area contributed by atoms with Crippen molar-refractivity contribution in [2.24, 2.45) is 0 Å². The molecule has 0 radical (unpaired) electrons. The third-order valence-corrected chi connectivity index (χ3v) is 3.64. The molecule has 0 spiro atoms. The molecule has 2 aromatic rings. The molecule has 0 aliphatic heterocycles. The number of thiazole rings is 1. The molecule has 1 aromatic carbocycles. The summed E-state index contributed by atoms with van der Waals surface area (Å²) < 4.78 is 0.470. The second-order valence-corrected chi connectivity index (χ2v) is 5.54. The van der Waals surface area contributed by atoms with Crippen molar-refractivity contribution in [3.05, 3.63) is 44.3 Å². The van der Waals surface area contributed by atoms with Gasteiger partial charge in [0.2, 0.25) is 0 Å². The molecule has 0 saturated carbocycles. The molecule has 2 N–H and O–H groups in total. The number of nitrogens with one attached hydrogen (secondary N) is 1. The number of hydrogen-bond donors (Lipinski definition) is 2. The summed E-state index contributed by atoms with van der Waals surface area (Å²) >= 11 is 13.1. The number of carbonyl (C=O) groups is 1. The molecule has 0 aliphatic rings. The summed E-state index contributed by atoms with van der Waals surface area (Å²) in [5.74, 6) is -0.990. The van der Waals surface area contributed by atoms with Gasteiger partial charge in [-0.2, -0.15) is 0 Å². The Kier molecular flexibility index (Phi) is 4.06. The quantitative estimate of drug-likeness (QED) is 0.902. The van der Waals surface area contributed by atoms with Crippen LogP contribution >= 0.6 is 34.5 Å². The van der Waals surface area contributed by atoms with Gasteiger partial charge in [-0.1, -0.05) is 23.2 Å². The zero-order valence-corrected chi connectivity index (χ0v) is 11.3. The van der Waals surface area contributed by atoms with E-state index >= 15 is 0 Å². The average molecular weight is 303 g/mol. The van der Waals surface area contributed by atoms with Gasteiger partial charge in [-0.15, -0.1) is 11.3 Å². The van der Waals surface area contributed by atoms with E-state index in [0.717, 1.165) is 4.88 Å². The second kappa shape index (κ2) is 5.56. The lowest BCUT2D eigenvalue weighted by atomic mass is 10.2. The van der Waals surface area contributed by atoms with E-state index in [9.17, 15) is 4.79 Å². The lowest BCUT2D eigenvalue weighted by Crippen LogP contribution is -2.01. The first-order valence-corrected chi connectivity index (χ1v) is 6.50. The highest BCUT2D eigenvalue weighted by molar-refractivity contribution is 7.15. The number of aromatic carboxylic acids is 1. The van der Waals surface area contributed by atoms with Crippen LogP contribution in [0, 0.1) is 0 Å². The predicted molar refractivity (Wildman–Crippen MR) is 72.9 cm³/mol. The Morgan fingerprint density at radius 3 is 2.83 bits per heavy atom. The fraction of sp³-hybridized carbons (Fsp3) is 0.0909. The Labute approximate surface area is 117 Å². The van der Waals surface area contributed by atoms with Crippen molar-refractivity contribution >= 4 is 46.2 Å². The zero-order valence-electron chi connectivity index (χ0n) is 8.98. The summed E-state index contributed by atoms with van der Waals surface area (Å²) in [5.41, 5.74) is 0.755. The molecule has 0 aliphatic carbocycles. The van der Waals surface area contributed by atoms with Crippen molar-refractivity contribution in [3.63, 3.8) is 0 Å². The van der Waals surface area contributed by atoms with Crippen LogP contribution in [0.3, 0.4) is 0 Å². The van der Waals surface area contributed by atoms with Crippen LogP contribution in [0.15, 0.2) is 24.4 Å². The molecule has 0 amide bonds. The summed E-state index contributed by atoms with van der Waals surface area (Å²) in [6.45, 7) is 0.493. The Morgan fingerprint density at radius 2 is 2.22 bits per heavy atom. The first kappa shape index (κ1) is 13.1. The fourth-order valence-corrected chi connectivity index (χ4v) is 2.44. The molecular formula is C11H8Cl2N2O2S. The SMILES string of the molecule is O=C(O)c1ccc(Cl)c(NCc2cnc(Cl)s2)c1. The number of halogens is 2. The van der Waals surface area contributed by atoms with Gasteiger partial charge >= 0.3 is 5.97 Å². The Hall–Kier alpha value is -1.30.